The highest BCUT2D eigenvalue weighted by molar-refractivity contribution is 7.89. The fourth-order valence-corrected chi connectivity index (χ4v) is 5.02. The minimum atomic E-state index is -3.52. The summed E-state index contributed by atoms with van der Waals surface area (Å²) in [5.41, 5.74) is 2.51. The summed E-state index contributed by atoms with van der Waals surface area (Å²) < 4.78 is 27.0. The molecule has 1 saturated heterocycles. The molecule has 6 heteroatoms. The Morgan fingerprint density at radius 2 is 1.75 bits per heavy atom. The molecule has 0 aromatic heterocycles. The van der Waals surface area contributed by atoms with E-state index in [0.29, 0.717) is 25.2 Å². The van der Waals surface area contributed by atoms with Gasteiger partial charge in [0.1, 0.15) is 0 Å². The Morgan fingerprint density at radius 1 is 1.04 bits per heavy atom. The third-order valence-corrected chi connectivity index (χ3v) is 7.07. The van der Waals surface area contributed by atoms with Crippen LogP contribution in [0, 0.1) is 6.92 Å². The molecule has 2 aromatic carbocycles. The van der Waals surface area contributed by atoms with Gasteiger partial charge in [-0.2, -0.15) is 4.31 Å². The zero-order chi connectivity index (χ0) is 20.0. The van der Waals surface area contributed by atoms with E-state index >= 15 is 0 Å². The van der Waals surface area contributed by atoms with Crippen molar-refractivity contribution in [3.05, 3.63) is 65.2 Å². The first kappa shape index (κ1) is 20.6. The van der Waals surface area contributed by atoms with Gasteiger partial charge in [-0.05, 0) is 62.3 Å². The molecule has 1 heterocycles. The highest BCUT2D eigenvalue weighted by Gasteiger charge is 2.28. The quantitative estimate of drug-likeness (QED) is 0.690. The first-order valence-corrected chi connectivity index (χ1v) is 11.4. The first-order chi connectivity index (χ1) is 13.5. The minimum Gasteiger partial charge on any atom is -0.352 e. The molecule has 2 aromatic rings. The monoisotopic (exact) mass is 400 g/mol. The predicted octanol–water partition coefficient (Wildman–Crippen LogP) is 3.53. The zero-order valence-electron chi connectivity index (χ0n) is 16.4. The van der Waals surface area contributed by atoms with Crippen LogP contribution in [-0.4, -0.2) is 38.3 Å². The second-order valence-electron chi connectivity index (χ2n) is 7.29. The van der Waals surface area contributed by atoms with Gasteiger partial charge in [-0.25, -0.2) is 8.42 Å². The molecule has 0 saturated carbocycles. The van der Waals surface area contributed by atoms with Crippen LogP contribution >= 0.6 is 0 Å². The minimum absolute atomic E-state index is 0.203. The molecular weight excluding hydrogens is 372 g/mol. The fraction of sp³-hybridized carbons (Fsp3) is 0.409. The molecule has 3 rings (SSSR count). The number of nitrogens with zero attached hydrogens (tertiary/aromatic N) is 1. The number of rotatable bonds is 8. The molecule has 1 aliphatic heterocycles. The SMILES string of the molecule is Cc1ccc(S(=O)(=O)N2CCCC2)cc1C(=O)NCCCCc1ccccc1. The molecule has 5 nitrogen and oxygen atoms in total. The maximum Gasteiger partial charge on any atom is 0.251 e. The molecule has 150 valence electrons. The smallest absolute Gasteiger partial charge is 0.251 e. The summed E-state index contributed by atoms with van der Waals surface area (Å²) in [5.74, 6) is -0.212. The lowest BCUT2D eigenvalue weighted by Crippen LogP contribution is -2.29. The molecule has 28 heavy (non-hydrogen) atoms. The van der Waals surface area contributed by atoms with Crippen molar-refractivity contribution in [1.82, 2.24) is 9.62 Å². The van der Waals surface area contributed by atoms with Gasteiger partial charge in [0, 0.05) is 25.2 Å². The summed E-state index contributed by atoms with van der Waals surface area (Å²) in [6.45, 7) is 3.52. The zero-order valence-corrected chi connectivity index (χ0v) is 17.2. The van der Waals surface area contributed by atoms with E-state index in [9.17, 15) is 13.2 Å². The van der Waals surface area contributed by atoms with Gasteiger partial charge in [-0.15, -0.1) is 0 Å². The summed E-state index contributed by atoms with van der Waals surface area (Å²) in [6, 6.07) is 15.1. The number of benzene rings is 2. The molecule has 1 N–H and O–H groups in total. The van der Waals surface area contributed by atoms with Crippen molar-refractivity contribution in [3.8, 4) is 0 Å². The third kappa shape index (κ3) is 5.00. The molecule has 0 spiro atoms. The van der Waals surface area contributed by atoms with Crippen molar-refractivity contribution in [2.75, 3.05) is 19.6 Å². The highest BCUT2D eigenvalue weighted by atomic mass is 32.2. The predicted molar refractivity (Wildman–Crippen MR) is 111 cm³/mol. The van der Waals surface area contributed by atoms with Crippen LogP contribution < -0.4 is 5.32 Å². The van der Waals surface area contributed by atoms with Crippen LogP contribution in [-0.2, 0) is 16.4 Å². The first-order valence-electron chi connectivity index (χ1n) is 9.91. The number of nitrogens with one attached hydrogen (secondary N) is 1. The van der Waals surface area contributed by atoms with Crippen LogP contribution in [0.15, 0.2) is 53.4 Å². The average molecular weight is 401 g/mol. The summed E-state index contributed by atoms with van der Waals surface area (Å²) in [5, 5.41) is 2.93. The Bertz CT molecular complexity index is 905. The summed E-state index contributed by atoms with van der Waals surface area (Å²) in [4.78, 5) is 12.8. The van der Waals surface area contributed by atoms with Gasteiger partial charge >= 0.3 is 0 Å². The van der Waals surface area contributed by atoms with Crippen LogP contribution in [0.25, 0.3) is 0 Å². The second kappa shape index (κ2) is 9.34. The van der Waals surface area contributed by atoms with Gasteiger partial charge in [0.2, 0.25) is 10.0 Å². The van der Waals surface area contributed by atoms with Crippen LogP contribution in [0.3, 0.4) is 0 Å². The van der Waals surface area contributed by atoms with E-state index in [0.717, 1.165) is 37.7 Å². The fourth-order valence-electron chi connectivity index (χ4n) is 3.48. The third-order valence-electron chi connectivity index (χ3n) is 5.18. The molecule has 0 aliphatic carbocycles. The normalized spacial score (nSPS) is 14.9. The molecular formula is C22H28N2O3S. The number of hydrogen-bond donors (Lipinski definition) is 1. The van der Waals surface area contributed by atoms with Gasteiger partial charge in [0.15, 0.2) is 0 Å². The lowest BCUT2D eigenvalue weighted by atomic mass is 10.1. The number of unbranched alkanes of at least 4 members (excludes halogenated alkanes) is 1. The summed E-state index contributed by atoms with van der Waals surface area (Å²) in [6.07, 6.45) is 4.64. The Labute approximate surface area is 167 Å². The van der Waals surface area contributed by atoms with Crippen molar-refractivity contribution in [2.45, 2.75) is 43.9 Å². The van der Waals surface area contributed by atoms with Crippen molar-refractivity contribution in [3.63, 3.8) is 0 Å². The lowest BCUT2D eigenvalue weighted by molar-refractivity contribution is 0.0952. The topological polar surface area (TPSA) is 66.5 Å². The van der Waals surface area contributed by atoms with Crippen molar-refractivity contribution in [1.29, 1.82) is 0 Å². The van der Waals surface area contributed by atoms with E-state index in [2.05, 4.69) is 17.4 Å². The Morgan fingerprint density at radius 3 is 2.46 bits per heavy atom. The van der Waals surface area contributed by atoms with Crippen LogP contribution in [0.1, 0.15) is 47.2 Å². The van der Waals surface area contributed by atoms with Gasteiger partial charge in [-0.1, -0.05) is 36.4 Å². The van der Waals surface area contributed by atoms with E-state index < -0.39 is 10.0 Å². The highest BCUT2D eigenvalue weighted by Crippen LogP contribution is 2.23. The van der Waals surface area contributed by atoms with E-state index in [4.69, 9.17) is 0 Å². The maximum absolute atomic E-state index is 12.7. The van der Waals surface area contributed by atoms with Gasteiger partial charge in [0.05, 0.1) is 4.90 Å². The molecule has 0 atom stereocenters. The van der Waals surface area contributed by atoms with Crippen molar-refractivity contribution in [2.24, 2.45) is 0 Å². The van der Waals surface area contributed by atoms with Gasteiger partial charge in [0.25, 0.3) is 5.91 Å². The average Bonchev–Trinajstić information content (AvgIpc) is 3.24. The molecule has 1 fully saturated rings. The largest absolute Gasteiger partial charge is 0.352 e. The number of hydrogen-bond acceptors (Lipinski definition) is 3. The van der Waals surface area contributed by atoms with Crippen LogP contribution in [0.2, 0.25) is 0 Å². The number of amides is 1. The van der Waals surface area contributed by atoms with Crippen molar-refractivity contribution >= 4 is 15.9 Å². The standard InChI is InChI=1S/C22H28N2O3S/c1-18-12-13-20(28(26,27)24-15-7-8-16-24)17-21(18)22(25)23-14-6-5-11-19-9-3-2-4-10-19/h2-4,9-10,12-13,17H,5-8,11,14-16H2,1H3,(H,23,25). The molecule has 0 radical (unpaired) electrons. The second-order valence-corrected chi connectivity index (χ2v) is 9.22. The van der Waals surface area contributed by atoms with Gasteiger partial charge in [-0.3, -0.25) is 4.79 Å². The molecule has 0 unspecified atom stereocenters. The summed E-state index contributed by atoms with van der Waals surface area (Å²) >= 11 is 0. The van der Waals surface area contributed by atoms with Crippen LogP contribution in [0.4, 0.5) is 0 Å². The summed E-state index contributed by atoms with van der Waals surface area (Å²) in [7, 11) is -3.52. The maximum atomic E-state index is 12.7. The Hall–Kier alpha value is -2.18. The van der Waals surface area contributed by atoms with Crippen molar-refractivity contribution < 1.29 is 13.2 Å². The number of sulfonamides is 1. The Balaban J connectivity index is 1.57. The Kier molecular flexibility index (Phi) is 6.86. The lowest BCUT2D eigenvalue weighted by Gasteiger charge is -2.17. The van der Waals surface area contributed by atoms with Crippen LogP contribution in [0.5, 0.6) is 0 Å². The van der Waals surface area contributed by atoms with E-state index in [1.54, 1.807) is 12.1 Å². The number of aryl methyl sites for hydroxylation is 2. The molecule has 0 bridgehead atoms. The molecule has 1 aliphatic rings. The van der Waals surface area contributed by atoms with E-state index in [-0.39, 0.29) is 10.8 Å². The molecule has 1 amide bonds. The van der Waals surface area contributed by atoms with Gasteiger partial charge < -0.3 is 5.32 Å². The van der Waals surface area contributed by atoms with E-state index in [1.807, 2.05) is 25.1 Å². The number of carbonyl (C=O) groups is 1. The number of carbonyl (C=O) groups excluding carboxylic acids is 1. The van der Waals surface area contributed by atoms with E-state index in [1.165, 1.54) is 15.9 Å².